The van der Waals surface area contributed by atoms with Gasteiger partial charge in [0.1, 0.15) is 5.75 Å². The van der Waals surface area contributed by atoms with E-state index in [1.54, 1.807) is 47.4 Å². The number of rotatable bonds is 12. The summed E-state index contributed by atoms with van der Waals surface area (Å²) in [5.74, 6) is -0.183. The summed E-state index contributed by atoms with van der Waals surface area (Å²) in [5.41, 5.74) is 1.28. The molecule has 41 heavy (non-hydrogen) atoms. The molecule has 2 atom stereocenters. The van der Waals surface area contributed by atoms with Gasteiger partial charge in [0.2, 0.25) is 16.3 Å². The monoisotopic (exact) mass is 588 g/mol. The molecule has 2 aromatic carbocycles. The normalized spacial score (nSPS) is 19.0. The number of benzene rings is 2. The van der Waals surface area contributed by atoms with Gasteiger partial charge in [-0.3, -0.25) is 4.79 Å². The first-order valence-corrected chi connectivity index (χ1v) is 14.9. The number of allylic oxidation sites excluding steroid dienone is 1. The van der Waals surface area contributed by atoms with E-state index in [0.717, 1.165) is 22.7 Å². The van der Waals surface area contributed by atoms with Gasteiger partial charge in [0, 0.05) is 38.5 Å². The van der Waals surface area contributed by atoms with Gasteiger partial charge in [-0.2, -0.15) is 4.31 Å². The van der Waals surface area contributed by atoms with Gasteiger partial charge in [0.25, 0.3) is 5.91 Å². The quantitative estimate of drug-likeness (QED) is 0.372. The summed E-state index contributed by atoms with van der Waals surface area (Å²) in [6.07, 6.45) is 3.20. The zero-order chi connectivity index (χ0) is 29.4. The van der Waals surface area contributed by atoms with Crippen LogP contribution in [0.2, 0.25) is 0 Å². The van der Waals surface area contributed by atoms with Crippen LogP contribution in [0.15, 0.2) is 65.3 Å². The zero-order valence-electron chi connectivity index (χ0n) is 23.2. The topological polar surface area (TPSA) is 132 Å². The van der Waals surface area contributed by atoms with E-state index in [2.05, 4.69) is 0 Å². The molecule has 1 amide bonds. The zero-order valence-corrected chi connectivity index (χ0v) is 24.0. The van der Waals surface area contributed by atoms with Crippen LogP contribution >= 0.6 is 0 Å². The molecule has 0 aliphatic carbocycles. The predicted octanol–water partition coefficient (Wildman–Crippen LogP) is 2.52. The molecule has 0 bridgehead atoms. The molecule has 1 N–H and O–H groups in total. The molecule has 2 aliphatic heterocycles. The van der Waals surface area contributed by atoms with Crippen molar-refractivity contribution in [3.63, 3.8) is 0 Å². The molecule has 222 valence electrons. The standard InChI is InChI=1S/C29H36N2O9S/c1-37-24-9-11-25(12-10-24)41(35,36)31(15-17-32)16-18-39-27-20-23(21-5-7-22(8-6-21)29(34)38-2)19-26(40-27)28(33)30-13-3-4-14-30/h5-12,19,23,27,32H,3-4,13-18,20H2,1-2H3/t23-,27+/m1/s1. The van der Waals surface area contributed by atoms with Crippen molar-refractivity contribution in [3.05, 3.63) is 71.5 Å². The van der Waals surface area contributed by atoms with Gasteiger partial charge in [-0.25, -0.2) is 13.2 Å². The molecular formula is C29H36N2O9S. The van der Waals surface area contributed by atoms with Crippen LogP contribution in [0.1, 0.15) is 41.1 Å². The molecule has 2 aliphatic rings. The fourth-order valence-electron chi connectivity index (χ4n) is 4.85. The number of carbonyl (C=O) groups excluding carboxylic acids is 2. The maximum Gasteiger partial charge on any atom is 0.337 e. The maximum atomic E-state index is 13.2. The number of hydrogen-bond acceptors (Lipinski definition) is 9. The van der Waals surface area contributed by atoms with Crippen LogP contribution in [0.3, 0.4) is 0 Å². The molecule has 0 radical (unpaired) electrons. The average Bonchev–Trinajstić information content (AvgIpc) is 3.55. The molecular weight excluding hydrogens is 552 g/mol. The first-order valence-electron chi connectivity index (χ1n) is 13.5. The third-order valence-corrected chi connectivity index (χ3v) is 9.03. The highest BCUT2D eigenvalue weighted by atomic mass is 32.2. The second-order valence-electron chi connectivity index (χ2n) is 9.71. The Labute approximate surface area is 240 Å². The van der Waals surface area contributed by atoms with Crippen molar-refractivity contribution in [2.75, 3.05) is 53.6 Å². The lowest BCUT2D eigenvalue weighted by atomic mass is 9.92. The van der Waals surface area contributed by atoms with E-state index in [1.807, 2.05) is 0 Å². The smallest absolute Gasteiger partial charge is 0.337 e. The molecule has 4 rings (SSSR count). The van der Waals surface area contributed by atoms with Gasteiger partial charge < -0.3 is 29.0 Å². The number of aliphatic hydroxyl groups is 1. The highest BCUT2D eigenvalue weighted by Crippen LogP contribution is 2.33. The number of amides is 1. The molecule has 0 unspecified atom stereocenters. The molecule has 12 heteroatoms. The molecule has 0 spiro atoms. The summed E-state index contributed by atoms with van der Waals surface area (Å²) in [5, 5.41) is 9.54. The van der Waals surface area contributed by atoms with Crippen molar-refractivity contribution in [2.45, 2.75) is 36.4 Å². The van der Waals surface area contributed by atoms with Gasteiger partial charge in [-0.1, -0.05) is 12.1 Å². The number of sulfonamides is 1. The Morgan fingerprint density at radius 3 is 2.32 bits per heavy atom. The first-order chi connectivity index (χ1) is 19.8. The lowest BCUT2D eigenvalue weighted by molar-refractivity contribution is -0.152. The number of likely N-dealkylation sites (tertiary alicyclic amines) is 1. The number of carbonyl (C=O) groups is 2. The van der Waals surface area contributed by atoms with Gasteiger partial charge in [0.15, 0.2) is 5.76 Å². The van der Waals surface area contributed by atoms with Crippen molar-refractivity contribution in [3.8, 4) is 5.75 Å². The Morgan fingerprint density at radius 1 is 1.02 bits per heavy atom. The third kappa shape index (κ3) is 7.45. The van der Waals surface area contributed by atoms with Crippen molar-refractivity contribution in [2.24, 2.45) is 0 Å². The van der Waals surface area contributed by atoms with Crippen molar-refractivity contribution in [1.29, 1.82) is 0 Å². The summed E-state index contributed by atoms with van der Waals surface area (Å²) >= 11 is 0. The number of nitrogens with zero attached hydrogens (tertiary/aromatic N) is 2. The minimum atomic E-state index is -3.91. The van der Waals surface area contributed by atoms with Gasteiger partial charge in [0.05, 0.1) is 37.9 Å². The van der Waals surface area contributed by atoms with Gasteiger partial charge in [-0.15, -0.1) is 0 Å². The van der Waals surface area contributed by atoms with Crippen LogP contribution in [-0.4, -0.2) is 94.5 Å². The molecule has 0 saturated carbocycles. The number of ether oxygens (including phenoxy) is 4. The van der Waals surface area contributed by atoms with Crippen LogP contribution in [-0.2, 0) is 29.0 Å². The molecule has 11 nitrogen and oxygen atoms in total. The molecule has 1 saturated heterocycles. The molecule has 2 aromatic rings. The Bertz CT molecular complexity index is 1320. The lowest BCUT2D eigenvalue weighted by Crippen LogP contribution is -2.38. The van der Waals surface area contributed by atoms with E-state index in [4.69, 9.17) is 18.9 Å². The van der Waals surface area contributed by atoms with Crippen LogP contribution in [0.4, 0.5) is 0 Å². The van der Waals surface area contributed by atoms with Crippen molar-refractivity contribution in [1.82, 2.24) is 9.21 Å². The molecule has 0 aromatic heterocycles. The minimum absolute atomic E-state index is 0.0285. The van der Waals surface area contributed by atoms with E-state index in [9.17, 15) is 23.1 Å². The Hall–Kier alpha value is -3.45. The van der Waals surface area contributed by atoms with Crippen LogP contribution in [0.25, 0.3) is 0 Å². The second kappa shape index (κ2) is 13.9. The minimum Gasteiger partial charge on any atom is -0.497 e. The summed E-state index contributed by atoms with van der Waals surface area (Å²) < 4.78 is 49.4. The van der Waals surface area contributed by atoms with E-state index < -0.39 is 22.3 Å². The second-order valence-corrected chi connectivity index (χ2v) is 11.6. The fourth-order valence-corrected chi connectivity index (χ4v) is 6.26. The largest absolute Gasteiger partial charge is 0.497 e. The van der Waals surface area contributed by atoms with Crippen LogP contribution in [0.5, 0.6) is 5.75 Å². The summed E-state index contributed by atoms with van der Waals surface area (Å²) in [4.78, 5) is 26.9. The third-order valence-electron chi connectivity index (χ3n) is 7.11. The van der Waals surface area contributed by atoms with Gasteiger partial charge >= 0.3 is 5.97 Å². The molecule has 2 heterocycles. The molecule has 1 fully saturated rings. The highest BCUT2D eigenvalue weighted by Gasteiger charge is 2.32. The van der Waals surface area contributed by atoms with E-state index in [0.29, 0.717) is 30.8 Å². The van der Waals surface area contributed by atoms with E-state index in [1.165, 1.54) is 26.4 Å². The van der Waals surface area contributed by atoms with E-state index in [-0.39, 0.29) is 48.8 Å². The number of hydrogen-bond donors (Lipinski definition) is 1. The Kier molecular flexibility index (Phi) is 10.4. The SMILES string of the molecule is COC(=O)c1ccc([C@@H]2C=C(C(=O)N3CCCC3)O[C@H](OCCN(CCO)S(=O)(=O)c3ccc(OC)cc3)C2)cc1. The Morgan fingerprint density at radius 2 is 1.71 bits per heavy atom. The summed E-state index contributed by atoms with van der Waals surface area (Å²) in [6.45, 7) is 0.768. The average molecular weight is 589 g/mol. The highest BCUT2D eigenvalue weighted by molar-refractivity contribution is 7.89. The van der Waals surface area contributed by atoms with Crippen molar-refractivity contribution < 1.29 is 42.1 Å². The number of aliphatic hydroxyl groups excluding tert-OH is 1. The summed E-state index contributed by atoms with van der Waals surface area (Å²) in [6, 6.07) is 12.9. The van der Waals surface area contributed by atoms with Crippen LogP contribution in [0, 0.1) is 0 Å². The number of esters is 1. The first kappa shape index (κ1) is 30.5. The number of methoxy groups -OCH3 is 2. The van der Waals surface area contributed by atoms with Crippen LogP contribution < -0.4 is 4.74 Å². The predicted molar refractivity (Wildman–Crippen MR) is 149 cm³/mol. The Balaban J connectivity index is 1.47. The van der Waals surface area contributed by atoms with Crippen molar-refractivity contribution >= 4 is 21.9 Å². The van der Waals surface area contributed by atoms with E-state index >= 15 is 0 Å². The fraction of sp³-hybridized carbons (Fsp3) is 0.448. The lowest BCUT2D eigenvalue weighted by Gasteiger charge is -2.31. The van der Waals surface area contributed by atoms with Gasteiger partial charge in [-0.05, 0) is 60.9 Å². The summed E-state index contributed by atoms with van der Waals surface area (Å²) in [7, 11) is -1.09. The maximum absolute atomic E-state index is 13.2.